The Balaban J connectivity index is 1.74. The molecule has 0 radical (unpaired) electrons. The van der Waals surface area contributed by atoms with Crippen LogP contribution in [0.5, 0.6) is 0 Å². The molecule has 1 saturated heterocycles. The van der Waals surface area contributed by atoms with Crippen LogP contribution in [0.2, 0.25) is 0 Å². The van der Waals surface area contributed by atoms with Gasteiger partial charge in [0.2, 0.25) is 11.8 Å². The highest BCUT2D eigenvalue weighted by atomic mass is 32.2. The largest absolute Gasteiger partial charge is 0.360 e. The lowest BCUT2D eigenvalue weighted by Crippen LogP contribution is -2.34. The predicted molar refractivity (Wildman–Crippen MR) is 81.0 cm³/mol. The minimum absolute atomic E-state index is 0.0323. The first-order valence-corrected chi connectivity index (χ1v) is 7.89. The molecule has 0 aliphatic carbocycles. The number of likely N-dealkylation sites (tertiary alicyclic amines) is 1. The molecule has 2 rings (SSSR count). The van der Waals surface area contributed by atoms with Crippen molar-refractivity contribution in [3.8, 4) is 0 Å². The zero-order chi connectivity index (χ0) is 15.4. The van der Waals surface area contributed by atoms with Gasteiger partial charge in [-0.05, 0) is 20.3 Å². The first-order valence-electron chi connectivity index (χ1n) is 6.85. The number of nitrogens with zero attached hydrogens (tertiary/aromatic N) is 2. The summed E-state index contributed by atoms with van der Waals surface area (Å²) < 4.78 is 4.88. The van der Waals surface area contributed by atoms with Gasteiger partial charge in [0, 0.05) is 25.2 Å². The third-order valence-corrected chi connectivity index (χ3v) is 4.41. The number of nitrogens with one attached hydrogen (secondary N) is 1. The Morgan fingerprint density at radius 1 is 1.67 bits per heavy atom. The van der Waals surface area contributed by atoms with E-state index in [9.17, 15) is 9.59 Å². The maximum absolute atomic E-state index is 12.0. The van der Waals surface area contributed by atoms with Gasteiger partial charge in [-0.2, -0.15) is 0 Å². The van der Waals surface area contributed by atoms with Crippen molar-refractivity contribution in [1.29, 1.82) is 0 Å². The van der Waals surface area contributed by atoms with Gasteiger partial charge >= 0.3 is 0 Å². The summed E-state index contributed by atoms with van der Waals surface area (Å²) in [6, 6.07) is 1.72. The van der Waals surface area contributed by atoms with Gasteiger partial charge in [0.05, 0.1) is 11.0 Å². The van der Waals surface area contributed by atoms with Crippen molar-refractivity contribution in [2.24, 2.45) is 5.73 Å². The van der Waals surface area contributed by atoms with Gasteiger partial charge < -0.3 is 20.5 Å². The topological polar surface area (TPSA) is 101 Å². The minimum Gasteiger partial charge on any atom is -0.360 e. The standard InChI is InChI=1S/C13H20N4O3S/c1-8-5-11(16-20-8)15-13(19)9(2)21-7-12(18)17-4-3-10(14)6-17/h5,9-10H,3-4,6-7,14H2,1-2H3,(H,15,16,19)/t9?,10-/m1/s1. The first kappa shape index (κ1) is 15.8. The van der Waals surface area contributed by atoms with E-state index in [1.807, 2.05) is 0 Å². The number of hydrogen-bond donors (Lipinski definition) is 2. The molecular formula is C13H20N4O3S. The highest BCUT2D eigenvalue weighted by molar-refractivity contribution is 8.01. The summed E-state index contributed by atoms with van der Waals surface area (Å²) in [4.78, 5) is 25.7. The van der Waals surface area contributed by atoms with Crippen LogP contribution in [0, 0.1) is 6.92 Å². The van der Waals surface area contributed by atoms with Crippen LogP contribution < -0.4 is 11.1 Å². The van der Waals surface area contributed by atoms with Gasteiger partial charge in [-0.1, -0.05) is 5.16 Å². The second-order valence-corrected chi connectivity index (χ2v) is 6.48. The molecule has 1 aliphatic heterocycles. The van der Waals surface area contributed by atoms with Crippen molar-refractivity contribution >= 4 is 29.4 Å². The lowest BCUT2D eigenvalue weighted by molar-refractivity contribution is -0.127. The molecule has 116 valence electrons. The fraction of sp³-hybridized carbons (Fsp3) is 0.615. The smallest absolute Gasteiger partial charge is 0.238 e. The van der Waals surface area contributed by atoms with Crippen LogP contribution in [0.1, 0.15) is 19.1 Å². The Morgan fingerprint density at radius 3 is 3.00 bits per heavy atom. The molecule has 7 nitrogen and oxygen atoms in total. The molecule has 1 unspecified atom stereocenters. The average molecular weight is 312 g/mol. The summed E-state index contributed by atoms with van der Waals surface area (Å²) in [6.45, 7) is 4.83. The van der Waals surface area contributed by atoms with Crippen molar-refractivity contribution in [1.82, 2.24) is 10.1 Å². The summed E-state index contributed by atoms with van der Waals surface area (Å²) in [5.41, 5.74) is 5.77. The van der Waals surface area contributed by atoms with E-state index in [2.05, 4.69) is 10.5 Å². The lowest BCUT2D eigenvalue weighted by atomic mass is 10.3. The third kappa shape index (κ3) is 4.47. The zero-order valence-corrected chi connectivity index (χ0v) is 13.0. The molecule has 2 atom stereocenters. The third-order valence-electron chi connectivity index (χ3n) is 3.28. The van der Waals surface area contributed by atoms with Crippen LogP contribution in [0.25, 0.3) is 0 Å². The molecule has 0 spiro atoms. The summed E-state index contributed by atoms with van der Waals surface area (Å²) in [6.07, 6.45) is 0.845. The molecule has 1 aromatic heterocycles. The lowest BCUT2D eigenvalue weighted by Gasteiger charge is -2.17. The van der Waals surface area contributed by atoms with Crippen LogP contribution in [-0.4, -0.2) is 52.0 Å². The van der Waals surface area contributed by atoms with E-state index in [0.29, 0.717) is 24.7 Å². The van der Waals surface area contributed by atoms with Crippen molar-refractivity contribution < 1.29 is 14.1 Å². The summed E-state index contributed by atoms with van der Waals surface area (Å²) in [7, 11) is 0. The fourth-order valence-electron chi connectivity index (χ4n) is 2.03. The van der Waals surface area contributed by atoms with Crippen molar-refractivity contribution in [3.63, 3.8) is 0 Å². The van der Waals surface area contributed by atoms with Gasteiger partial charge in [0.15, 0.2) is 5.82 Å². The number of rotatable bonds is 5. The Bertz CT molecular complexity index is 519. The number of amides is 2. The summed E-state index contributed by atoms with van der Waals surface area (Å²) >= 11 is 1.30. The maximum Gasteiger partial charge on any atom is 0.238 e. The average Bonchev–Trinajstić information content (AvgIpc) is 3.04. The van der Waals surface area contributed by atoms with Crippen LogP contribution in [0.3, 0.4) is 0 Å². The monoisotopic (exact) mass is 312 g/mol. The van der Waals surface area contributed by atoms with E-state index in [1.165, 1.54) is 11.8 Å². The second-order valence-electron chi connectivity index (χ2n) is 5.15. The number of aromatic nitrogens is 1. The van der Waals surface area contributed by atoms with E-state index in [0.717, 1.165) is 6.42 Å². The Morgan fingerprint density at radius 2 is 2.43 bits per heavy atom. The molecule has 0 aromatic carbocycles. The van der Waals surface area contributed by atoms with Crippen molar-refractivity contribution in [2.45, 2.75) is 31.6 Å². The minimum atomic E-state index is -0.345. The number of anilines is 1. The first-order chi connectivity index (χ1) is 9.95. The zero-order valence-electron chi connectivity index (χ0n) is 12.2. The molecule has 2 amide bonds. The number of carbonyl (C=O) groups is 2. The molecular weight excluding hydrogens is 292 g/mol. The molecule has 8 heteroatoms. The molecule has 0 bridgehead atoms. The van der Waals surface area contributed by atoms with Gasteiger partial charge in [-0.3, -0.25) is 9.59 Å². The molecule has 1 fully saturated rings. The molecule has 2 heterocycles. The van der Waals surface area contributed by atoms with Gasteiger partial charge in [0.1, 0.15) is 5.76 Å². The number of carbonyl (C=O) groups excluding carboxylic acids is 2. The SMILES string of the molecule is Cc1cc(NC(=O)C(C)SCC(=O)N2CC[C@@H](N)C2)no1. The molecule has 0 saturated carbocycles. The maximum atomic E-state index is 12.0. The van der Waals surface area contributed by atoms with Crippen molar-refractivity contribution in [2.75, 3.05) is 24.2 Å². The Kier molecular flexibility index (Phi) is 5.24. The van der Waals surface area contributed by atoms with Gasteiger partial charge in [-0.15, -0.1) is 11.8 Å². The number of aryl methyl sites for hydroxylation is 1. The fourth-order valence-corrected chi connectivity index (χ4v) is 2.82. The van der Waals surface area contributed by atoms with E-state index in [4.69, 9.17) is 10.3 Å². The van der Waals surface area contributed by atoms with Crippen LogP contribution in [0.15, 0.2) is 10.6 Å². The van der Waals surface area contributed by atoms with Crippen LogP contribution in [0.4, 0.5) is 5.82 Å². The Hall–Kier alpha value is -1.54. The molecule has 1 aromatic rings. The summed E-state index contributed by atoms with van der Waals surface area (Å²) in [5, 5.41) is 6.01. The van der Waals surface area contributed by atoms with Gasteiger partial charge in [0.25, 0.3) is 0 Å². The normalized spacial score (nSPS) is 19.6. The number of nitrogens with two attached hydrogens (primary N) is 1. The molecule has 1 aliphatic rings. The molecule has 3 N–H and O–H groups in total. The van der Waals surface area contributed by atoms with Crippen LogP contribution in [-0.2, 0) is 9.59 Å². The summed E-state index contributed by atoms with van der Waals surface area (Å²) in [5.74, 6) is 1.14. The number of hydrogen-bond acceptors (Lipinski definition) is 6. The Labute approximate surface area is 127 Å². The number of thioether (sulfide) groups is 1. The van der Waals surface area contributed by atoms with Gasteiger partial charge in [-0.25, -0.2) is 0 Å². The van der Waals surface area contributed by atoms with E-state index in [-0.39, 0.29) is 28.9 Å². The van der Waals surface area contributed by atoms with Crippen molar-refractivity contribution in [3.05, 3.63) is 11.8 Å². The van der Waals surface area contributed by atoms with Crippen LogP contribution >= 0.6 is 11.8 Å². The highest BCUT2D eigenvalue weighted by Gasteiger charge is 2.24. The van der Waals surface area contributed by atoms with E-state index < -0.39 is 0 Å². The quantitative estimate of drug-likeness (QED) is 0.825. The molecule has 21 heavy (non-hydrogen) atoms. The highest BCUT2D eigenvalue weighted by Crippen LogP contribution is 2.16. The predicted octanol–water partition coefficient (Wildman–Crippen LogP) is 0.603. The van der Waals surface area contributed by atoms with E-state index >= 15 is 0 Å². The second kappa shape index (κ2) is 6.95. The van der Waals surface area contributed by atoms with E-state index in [1.54, 1.807) is 24.8 Å².